The Balaban J connectivity index is 1.03. The van der Waals surface area contributed by atoms with Crippen LogP contribution in [0.15, 0.2) is 65.3 Å². The molecule has 4 aliphatic heterocycles. The molecule has 0 amide bonds. The third-order valence-electron chi connectivity index (χ3n) is 16.6. The summed E-state index contributed by atoms with van der Waals surface area (Å²) in [7, 11) is 10.0. The number of fused-ring (bicyclic) bond motifs is 2. The van der Waals surface area contributed by atoms with Crippen LogP contribution in [0.2, 0.25) is 0 Å². The average molecular weight is 1440 g/mol. The fourth-order valence-electron chi connectivity index (χ4n) is 11.7. The molecule has 2 aromatic rings. The summed E-state index contributed by atoms with van der Waals surface area (Å²) < 4.78 is 72.9. The maximum absolute atomic E-state index is 14.5. The monoisotopic (exact) mass is 1440 g/mol. The number of ether oxygens (including phenoxy) is 12. The van der Waals surface area contributed by atoms with E-state index in [0.717, 1.165) is 17.3 Å². The first kappa shape index (κ1) is 72.9. The Hall–Kier alpha value is -3.87. The molecule has 8 rings (SSSR count). The topological polar surface area (TPSA) is 296 Å². The molecule has 0 radical (unpaired) electrons. The van der Waals surface area contributed by atoms with Crippen molar-refractivity contribution in [3.63, 3.8) is 0 Å². The molecule has 0 aromatic heterocycles. The number of Topliss-reactive ketones (excluding diaryl/α,β-unsaturated/α-hetero) is 1. The van der Waals surface area contributed by atoms with Crippen LogP contribution in [0.4, 0.5) is 0 Å². The first-order chi connectivity index (χ1) is 43.4. The predicted molar refractivity (Wildman–Crippen MR) is 347 cm³/mol. The third kappa shape index (κ3) is 16.9. The number of carbonyl (C=O) groups is 3. The van der Waals surface area contributed by atoms with E-state index in [-0.39, 0.29) is 75.9 Å². The zero-order valence-corrected chi connectivity index (χ0v) is 57.4. The molecule has 0 unspecified atom stereocenters. The molecule has 4 heterocycles. The van der Waals surface area contributed by atoms with E-state index in [4.69, 9.17) is 61.7 Å². The summed E-state index contributed by atoms with van der Waals surface area (Å²) in [6.07, 6.45) is -13.1. The van der Waals surface area contributed by atoms with Crippen LogP contribution < -0.4 is 25.0 Å². The molecule has 23 nitrogen and oxygen atoms in total. The number of nitrogens with one attached hydrogen (secondary N) is 2. The lowest BCUT2D eigenvalue weighted by molar-refractivity contribution is -0.336. The number of allylic oxidation sites excluding steroid dienone is 2. The van der Waals surface area contributed by atoms with Crippen LogP contribution in [0, 0.1) is 34.2 Å². The van der Waals surface area contributed by atoms with Crippen molar-refractivity contribution in [1.29, 1.82) is 0 Å². The number of esters is 1. The summed E-state index contributed by atoms with van der Waals surface area (Å²) in [6, 6.07) is 8.74. The van der Waals surface area contributed by atoms with Gasteiger partial charge >= 0.3 is 5.97 Å². The minimum Gasteiger partial charge on any atom is -0.492 e. The molecule has 500 valence electrons. The van der Waals surface area contributed by atoms with Gasteiger partial charge in [0.15, 0.2) is 41.8 Å². The van der Waals surface area contributed by atoms with Crippen LogP contribution in [0.5, 0.6) is 17.2 Å². The number of aliphatic hydroxyl groups is 5. The van der Waals surface area contributed by atoms with E-state index in [1.165, 1.54) is 51.4 Å². The largest absolute Gasteiger partial charge is 0.492 e. The van der Waals surface area contributed by atoms with Gasteiger partial charge in [0.05, 0.1) is 97.8 Å². The lowest BCUT2D eigenvalue weighted by atomic mass is 9.72. The van der Waals surface area contributed by atoms with Gasteiger partial charge in [-0.2, -0.15) is 5.48 Å². The van der Waals surface area contributed by atoms with Crippen molar-refractivity contribution in [3.8, 4) is 40.9 Å². The Morgan fingerprint density at radius 2 is 1.57 bits per heavy atom. The Kier molecular flexibility index (Phi) is 26.2. The molecule has 91 heavy (non-hydrogen) atoms. The van der Waals surface area contributed by atoms with E-state index in [2.05, 4.69) is 60.5 Å². The molecular formula is C64H83IN2O21S3. The van der Waals surface area contributed by atoms with Gasteiger partial charge in [-0.1, -0.05) is 100 Å². The second-order valence-electron chi connectivity index (χ2n) is 23.0. The standard InChI is InChI=1S/C64H83IN2O21S3/c1-13-66-39-31-81-45(29-43(39)76-8)86-57-52(72)50(67-88-46-28-40(68)59(35(5)82-46)90-60(74)47-32(2)49(65)55(58(80-12)54(47)78-10)87-61-53(73)56(79-11)51(71)34(4)84-61)33(3)83-62(57)85-42-23-19-14-15-20-25-64(75)30-41(69)37(27-44(70)77-9)48(42)38(64)24-26-89-91-63(6,7)36-21-17-16-18-22-36/h14-18,21-22,24,33-35,39-40,42-43,45-46,50-53,56-57,59,61-62,66-68,71-73,75H,13,26-31H2,1-12H3/b15-14-,38-24+/t33-,34+,35-,39+,40+,42+,43+,45+,46+,50-,51+,52+,53-,56-,57-,59-,61+,62+,64+/m1/s1. The zero-order chi connectivity index (χ0) is 66.1. The highest BCUT2D eigenvalue weighted by Gasteiger charge is 2.52. The van der Waals surface area contributed by atoms with Gasteiger partial charge < -0.3 is 87.7 Å². The van der Waals surface area contributed by atoms with Crippen molar-refractivity contribution < 1.29 is 102 Å². The van der Waals surface area contributed by atoms with Gasteiger partial charge in [-0.15, -0.1) is 0 Å². The van der Waals surface area contributed by atoms with Crippen LogP contribution in [-0.4, -0.2) is 212 Å². The van der Waals surface area contributed by atoms with Crippen molar-refractivity contribution in [2.45, 2.75) is 194 Å². The first-order valence-corrected chi connectivity index (χ1v) is 34.2. The van der Waals surface area contributed by atoms with Crippen molar-refractivity contribution in [2.24, 2.45) is 0 Å². The van der Waals surface area contributed by atoms with Gasteiger partial charge in [0, 0.05) is 54.3 Å². The lowest BCUT2D eigenvalue weighted by Gasteiger charge is -2.46. The van der Waals surface area contributed by atoms with Gasteiger partial charge in [-0.25, -0.2) is 0 Å². The van der Waals surface area contributed by atoms with Crippen molar-refractivity contribution in [2.75, 3.05) is 54.5 Å². The fourth-order valence-corrected chi connectivity index (χ4v) is 15.9. The number of hydrogen-bond donors (Lipinski definition) is 7. The summed E-state index contributed by atoms with van der Waals surface area (Å²) in [4.78, 5) is 48.3. The van der Waals surface area contributed by atoms with E-state index in [1.807, 2.05) is 47.7 Å². The number of carbonyl (C=O) groups excluding carboxylic acids is 3. The van der Waals surface area contributed by atoms with E-state index >= 15 is 0 Å². The highest BCUT2D eigenvalue weighted by Crippen LogP contribution is 2.50. The summed E-state index contributed by atoms with van der Waals surface area (Å²) >= 11 is 2.83. The number of likely N-dealkylation sites (N-methyl/N-ethyl adjacent to an activating group) is 1. The van der Waals surface area contributed by atoms with Gasteiger partial charge in [0.2, 0.25) is 17.2 Å². The van der Waals surface area contributed by atoms with Gasteiger partial charge in [0.25, 0.3) is 0 Å². The minimum absolute atomic E-state index is 0.0102. The zero-order valence-electron chi connectivity index (χ0n) is 52.8. The number of thioether (sulfide) groups is 1. The number of hydrogen-bond acceptors (Lipinski definition) is 26. The summed E-state index contributed by atoms with van der Waals surface area (Å²) in [5, 5.41) is 60.7. The molecule has 7 N–H and O–H groups in total. The molecule has 6 aliphatic rings. The number of benzene rings is 2. The molecule has 4 fully saturated rings. The predicted octanol–water partition coefficient (Wildman–Crippen LogP) is 5.10. The normalized spacial score (nSPS) is 34.3. The van der Waals surface area contributed by atoms with Gasteiger partial charge in [0.1, 0.15) is 36.6 Å². The van der Waals surface area contributed by atoms with Gasteiger partial charge in [-0.05, 0) is 94.0 Å². The summed E-state index contributed by atoms with van der Waals surface area (Å²) in [5.41, 5.74) is 2.82. The molecule has 4 saturated heterocycles. The highest BCUT2D eigenvalue weighted by atomic mass is 127. The Morgan fingerprint density at radius 1 is 0.857 bits per heavy atom. The second-order valence-corrected chi connectivity index (χ2v) is 28.2. The van der Waals surface area contributed by atoms with E-state index in [0.29, 0.717) is 21.4 Å². The fraction of sp³-hybridized carbons (Fsp3) is 0.609. The van der Waals surface area contributed by atoms with E-state index in [9.17, 15) is 39.9 Å². The molecule has 2 bridgehead atoms. The quantitative estimate of drug-likeness (QED) is 0.0180. The van der Waals surface area contributed by atoms with Crippen LogP contribution in [0.25, 0.3) is 0 Å². The summed E-state index contributed by atoms with van der Waals surface area (Å²) in [6.45, 7) is 13.7. The van der Waals surface area contributed by atoms with Crippen LogP contribution >= 0.6 is 55.9 Å². The Morgan fingerprint density at radius 3 is 2.24 bits per heavy atom. The number of aliphatic hydroxyl groups excluding tert-OH is 4. The summed E-state index contributed by atoms with van der Waals surface area (Å²) in [5.74, 6) is 10.9. The van der Waals surface area contributed by atoms with Crippen molar-refractivity contribution in [1.82, 2.24) is 10.8 Å². The number of rotatable bonds is 24. The molecule has 27 heteroatoms. The van der Waals surface area contributed by atoms with Crippen molar-refractivity contribution in [3.05, 3.63) is 85.5 Å². The lowest BCUT2D eigenvalue weighted by Crippen LogP contribution is -2.65. The minimum atomic E-state index is -2.06. The van der Waals surface area contributed by atoms with Gasteiger partial charge in [-0.3, -0.25) is 19.2 Å². The Labute approximate surface area is 556 Å². The number of methoxy groups -OCH3 is 5. The molecule has 2 aliphatic carbocycles. The highest BCUT2D eigenvalue weighted by molar-refractivity contribution is 14.1. The third-order valence-corrected chi connectivity index (χ3v) is 22.4. The number of ketones is 1. The molecule has 0 spiro atoms. The molecule has 2 aromatic carbocycles. The van der Waals surface area contributed by atoms with E-state index in [1.54, 1.807) is 51.7 Å². The molecular weight excluding hydrogens is 1360 g/mol. The number of halogens is 1. The second kappa shape index (κ2) is 32.7. The van der Waals surface area contributed by atoms with E-state index < -0.39 is 133 Å². The smallest absolute Gasteiger partial charge is 0.310 e. The van der Waals surface area contributed by atoms with Crippen molar-refractivity contribution >= 4 is 72.8 Å². The Bertz CT molecular complexity index is 3100. The number of hydroxylamine groups is 1. The maximum atomic E-state index is 14.5. The van der Waals surface area contributed by atoms with Crippen LogP contribution in [-0.2, 0) is 61.8 Å². The average Bonchev–Trinajstić information content (AvgIpc) is 1.05. The SMILES string of the molecule is CCN[C@H]1CO[C@@H](O[C@H]2[C@H](O[C@H]3C#C/C=C\C#C[C@]4(O)CC(=O)C(CC(=O)OC)=C3/C4=C\CSSC(C)(C)c3ccccc3)O[C@H](C)[C@@H](NO[C@H]3C[C@H](O)[C@H](SC(=O)c4c(C)c(I)c(O[C@@H]5O[C@@H](C)[C@H](O)[C@@H](OC)[C@H]5O)c(OC)c4OC)[C@@H](C)O3)[C@@H]2O)C[C@@H]1OC. The molecule has 0 saturated carbocycles. The maximum Gasteiger partial charge on any atom is 0.310 e. The van der Waals surface area contributed by atoms with Crippen LogP contribution in [0.3, 0.4) is 0 Å². The molecule has 19 atom stereocenters. The first-order valence-electron chi connectivity index (χ1n) is 29.9. The van der Waals surface area contributed by atoms with Crippen LogP contribution in [0.1, 0.15) is 88.7 Å².